The summed E-state index contributed by atoms with van der Waals surface area (Å²) in [6, 6.07) is 7.55. The van der Waals surface area contributed by atoms with Crippen LogP contribution in [0.4, 0.5) is 5.69 Å². The summed E-state index contributed by atoms with van der Waals surface area (Å²) < 4.78 is 11.3. The van der Waals surface area contributed by atoms with Crippen molar-refractivity contribution in [3.8, 4) is 5.75 Å². The molecular weight excluding hydrogens is 316 g/mol. The lowest BCUT2D eigenvalue weighted by Crippen LogP contribution is -2.43. The fourth-order valence-corrected chi connectivity index (χ4v) is 2.99. The minimum atomic E-state index is -0.737. The van der Waals surface area contributed by atoms with E-state index < -0.39 is 5.60 Å². The van der Waals surface area contributed by atoms with Gasteiger partial charge in [-0.15, -0.1) is 0 Å². The SMILES string of the molecule is CCN(CC)CCCOc1ccc(NC(=O)[C@](C)(OC)C2CC2)cc1. The van der Waals surface area contributed by atoms with Crippen LogP contribution in [-0.4, -0.2) is 49.8 Å². The zero-order valence-corrected chi connectivity index (χ0v) is 16.0. The van der Waals surface area contributed by atoms with Crippen molar-refractivity contribution in [1.82, 2.24) is 4.90 Å². The number of hydrogen-bond acceptors (Lipinski definition) is 4. The highest BCUT2D eigenvalue weighted by molar-refractivity contribution is 5.97. The van der Waals surface area contributed by atoms with E-state index in [1.807, 2.05) is 31.2 Å². The predicted molar refractivity (Wildman–Crippen MR) is 101 cm³/mol. The molecule has 1 aliphatic rings. The number of carbonyl (C=O) groups excluding carboxylic acids is 1. The lowest BCUT2D eigenvalue weighted by atomic mass is 9.99. The van der Waals surface area contributed by atoms with Gasteiger partial charge in [-0.05, 0) is 69.5 Å². The van der Waals surface area contributed by atoms with Gasteiger partial charge in [-0.3, -0.25) is 4.79 Å². The Morgan fingerprint density at radius 3 is 2.40 bits per heavy atom. The second kappa shape index (κ2) is 9.20. The molecule has 0 aliphatic heterocycles. The van der Waals surface area contributed by atoms with Gasteiger partial charge >= 0.3 is 0 Å². The Kier molecular flexibility index (Phi) is 7.26. The van der Waals surface area contributed by atoms with Crippen LogP contribution in [0, 0.1) is 5.92 Å². The molecule has 1 fully saturated rings. The van der Waals surface area contributed by atoms with E-state index in [0.717, 1.165) is 50.3 Å². The molecule has 1 amide bonds. The number of methoxy groups -OCH3 is 1. The molecule has 0 saturated heterocycles. The van der Waals surface area contributed by atoms with E-state index in [0.29, 0.717) is 12.5 Å². The molecule has 0 bridgehead atoms. The molecule has 140 valence electrons. The Bertz CT molecular complexity index is 538. The number of hydrogen-bond donors (Lipinski definition) is 1. The second-order valence-electron chi connectivity index (χ2n) is 6.79. The average Bonchev–Trinajstić information content (AvgIpc) is 3.48. The fourth-order valence-electron chi connectivity index (χ4n) is 2.99. The highest BCUT2D eigenvalue weighted by Gasteiger charge is 2.47. The van der Waals surface area contributed by atoms with E-state index in [1.165, 1.54) is 0 Å². The van der Waals surface area contributed by atoms with Crippen molar-refractivity contribution in [3.63, 3.8) is 0 Å². The summed E-state index contributed by atoms with van der Waals surface area (Å²) in [6.45, 7) is 10.1. The van der Waals surface area contributed by atoms with Crippen molar-refractivity contribution in [3.05, 3.63) is 24.3 Å². The van der Waals surface area contributed by atoms with Crippen LogP contribution in [0.3, 0.4) is 0 Å². The van der Waals surface area contributed by atoms with Gasteiger partial charge in [0.05, 0.1) is 6.61 Å². The lowest BCUT2D eigenvalue weighted by Gasteiger charge is -2.26. The van der Waals surface area contributed by atoms with Crippen LogP contribution in [0.25, 0.3) is 0 Å². The molecule has 1 aromatic rings. The van der Waals surface area contributed by atoms with Crippen LogP contribution in [0.2, 0.25) is 0 Å². The summed E-state index contributed by atoms with van der Waals surface area (Å²) in [6.07, 6.45) is 3.11. The third-order valence-electron chi connectivity index (χ3n) is 5.13. The van der Waals surface area contributed by atoms with Crippen LogP contribution in [0.1, 0.15) is 40.0 Å². The van der Waals surface area contributed by atoms with Gasteiger partial charge in [-0.25, -0.2) is 0 Å². The van der Waals surface area contributed by atoms with Crippen molar-refractivity contribution in [2.24, 2.45) is 5.92 Å². The van der Waals surface area contributed by atoms with Crippen molar-refractivity contribution in [2.75, 3.05) is 38.7 Å². The maximum Gasteiger partial charge on any atom is 0.256 e. The maximum absolute atomic E-state index is 12.5. The molecule has 5 nitrogen and oxygen atoms in total. The van der Waals surface area contributed by atoms with Crippen LogP contribution in [0.5, 0.6) is 5.75 Å². The van der Waals surface area contributed by atoms with Gasteiger partial charge in [0.25, 0.3) is 5.91 Å². The zero-order valence-electron chi connectivity index (χ0n) is 16.0. The number of nitrogens with one attached hydrogen (secondary N) is 1. The number of ether oxygens (including phenoxy) is 2. The van der Waals surface area contributed by atoms with E-state index in [2.05, 4.69) is 24.1 Å². The summed E-state index contributed by atoms with van der Waals surface area (Å²) in [5.74, 6) is 1.07. The van der Waals surface area contributed by atoms with E-state index >= 15 is 0 Å². The molecule has 2 rings (SSSR count). The molecule has 1 aliphatic carbocycles. The van der Waals surface area contributed by atoms with Gasteiger partial charge in [0.2, 0.25) is 0 Å². The summed E-state index contributed by atoms with van der Waals surface area (Å²) in [5.41, 5.74) is 0.0315. The first-order valence-corrected chi connectivity index (χ1v) is 9.35. The first-order chi connectivity index (χ1) is 12.0. The molecular formula is C20H32N2O3. The number of benzene rings is 1. The van der Waals surface area contributed by atoms with Gasteiger partial charge in [0.1, 0.15) is 11.4 Å². The maximum atomic E-state index is 12.5. The van der Waals surface area contributed by atoms with Crippen LogP contribution < -0.4 is 10.1 Å². The molecule has 1 aromatic carbocycles. The quantitative estimate of drug-likeness (QED) is 0.621. The van der Waals surface area contributed by atoms with Crippen molar-refractivity contribution in [1.29, 1.82) is 0 Å². The monoisotopic (exact) mass is 348 g/mol. The Hall–Kier alpha value is -1.59. The summed E-state index contributed by atoms with van der Waals surface area (Å²) >= 11 is 0. The van der Waals surface area contributed by atoms with E-state index in [4.69, 9.17) is 9.47 Å². The molecule has 1 atom stereocenters. The van der Waals surface area contributed by atoms with Crippen LogP contribution in [0.15, 0.2) is 24.3 Å². The molecule has 0 spiro atoms. The van der Waals surface area contributed by atoms with Crippen molar-refractivity contribution in [2.45, 2.75) is 45.6 Å². The molecule has 0 radical (unpaired) electrons. The first-order valence-electron chi connectivity index (χ1n) is 9.35. The van der Waals surface area contributed by atoms with Gasteiger partial charge in [0.15, 0.2) is 0 Å². The molecule has 5 heteroatoms. The lowest BCUT2D eigenvalue weighted by molar-refractivity contribution is -0.138. The third-order valence-corrected chi connectivity index (χ3v) is 5.13. The Labute approximate surface area is 151 Å². The van der Waals surface area contributed by atoms with Crippen LogP contribution in [-0.2, 0) is 9.53 Å². The van der Waals surface area contributed by atoms with Crippen molar-refractivity contribution >= 4 is 11.6 Å². The largest absolute Gasteiger partial charge is 0.494 e. The Morgan fingerprint density at radius 2 is 1.88 bits per heavy atom. The minimum absolute atomic E-state index is 0.0783. The normalized spacial score (nSPS) is 16.5. The predicted octanol–water partition coefficient (Wildman–Crippen LogP) is 3.55. The summed E-state index contributed by atoms with van der Waals surface area (Å²) in [4.78, 5) is 14.9. The number of nitrogens with zero attached hydrogens (tertiary/aromatic N) is 1. The van der Waals surface area contributed by atoms with Gasteiger partial charge < -0.3 is 19.7 Å². The molecule has 1 saturated carbocycles. The number of carbonyl (C=O) groups is 1. The molecule has 0 aromatic heterocycles. The van der Waals surface area contributed by atoms with Gasteiger partial charge in [-0.1, -0.05) is 13.8 Å². The Morgan fingerprint density at radius 1 is 1.24 bits per heavy atom. The smallest absolute Gasteiger partial charge is 0.256 e. The standard InChI is InChI=1S/C20H32N2O3/c1-5-22(6-2)14-7-15-25-18-12-10-17(11-13-18)21-19(23)20(3,24-4)16-8-9-16/h10-13,16H,5-9,14-15H2,1-4H3,(H,21,23)/t20-/m1/s1. The van der Waals surface area contributed by atoms with Gasteiger partial charge in [-0.2, -0.15) is 0 Å². The zero-order chi connectivity index (χ0) is 18.3. The Balaban J connectivity index is 1.78. The van der Waals surface area contributed by atoms with E-state index in [-0.39, 0.29) is 5.91 Å². The minimum Gasteiger partial charge on any atom is -0.494 e. The van der Waals surface area contributed by atoms with E-state index in [1.54, 1.807) is 7.11 Å². The summed E-state index contributed by atoms with van der Waals surface area (Å²) in [5, 5.41) is 2.95. The highest BCUT2D eigenvalue weighted by Crippen LogP contribution is 2.42. The van der Waals surface area contributed by atoms with Crippen LogP contribution >= 0.6 is 0 Å². The van der Waals surface area contributed by atoms with Crippen molar-refractivity contribution < 1.29 is 14.3 Å². The molecule has 1 N–H and O–H groups in total. The average molecular weight is 348 g/mol. The molecule has 25 heavy (non-hydrogen) atoms. The molecule has 0 heterocycles. The topological polar surface area (TPSA) is 50.8 Å². The fraction of sp³-hybridized carbons (Fsp3) is 0.650. The number of anilines is 1. The summed E-state index contributed by atoms with van der Waals surface area (Å²) in [7, 11) is 1.60. The third kappa shape index (κ3) is 5.44. The van der Waals surface area contributed by atoms with Gasteiger partial charge in [0, 0.05) is 19.3 Å². The van der Waals surface area contributed by atoms with E-state index in [9.17, 15) is 4.79 Å². The second-order valence-corrected chi connectivity index (χ2v) is 6.79. The highest BCUT2D eigenvalue weighted by atomic mass is 16.5. The first kappa shape index (κ1) is 19.7. The number of amides is 1. The number of rotatable bonds is 11. The molecule has 0 unspecified atom stereocenters.